The predicted octanol–water partition coefficient (Wildman–Crippen LogP) is 2.19. The highest BCUT2D eigenvalue weighted by molar-refractivity contribution is 6.28. The zero-order chi connectivity index (χ0) is 15.1. The second-order valence-electron chi connectivity index (χ2n) is 5.06. The Morgan fingerprint density at radius 3 is 2.40 bits per heavy atom. The molecule has 1 aromatic rings. The topological polar surface area (TPSA) is 74.2 Å². The van der Waals surface area contributed by atoms with E-state index in [0.717, 1.165) is 19.5 Å². The summed E-state index contributed by atoms with van der Waals surface area (Å²) in [5, 5.41) is 13.0. The van der Waals surface area contributed by atoms with Crippen LogP contribution in [0.25, 0.3) is 0 Å². The first-order chi connectivity index (χ1) is 9.46. The lowest BCUT2D eigenvalue weighted by Crippen LogP contribution is -2.26. The Bertz CT molecular complexity index is 412. The van der Waals surface area contributed by atoms with Crippen LogP contribution in [0.3, 0.4) is 0 Å². The molecule has 0 saturated heterocycles. The van der Waals surface area contributed by atoms with Crippen molar-refractivity contribution in [2.45, 2.75) is 40.2 Å². The number of nitrogens with zero attached hydrogens (tertiary/aromatic N) is 4. The molecule has 0 saturated carbocycles. The maximum Gasteiger partial charge on any atom is 0.231 e. The molecule has 0 amide bonds. The maximum atomic E-state index is 9.84. The van der Waals surface area contributed by atoms with Gasteiger partial charge in [-0.05, 0) is 37.8 Å². The van der Waals surface area contributed by atoms with Crippen LogP contribution in [-0.2, 0) is 0 Å². The first kappa shape index (κ1) is 16.9. The van der Waals surface area contributed by atoms with E-state index < -0.39 is 6.10 Å². The lowest BCUT2D eigenvalue weighted by Gasteiger charge is -2.19. The summed E-state index contributed by atoms with van der Waals surface area (Å²) in [4.78, 5) is 14.5. The van der Waals surface area contributed by atoms with Crippen molar-refractivity contribution in [3.05, 3.63) is 5.28 Å². The minimum absolute atomic E-state index is 0.155. The molecular weight excluding hydrogens is 278 g/mol. The molecule has 1 atom stereocenters. The van der Waals surface area contributed by atoms with Gasteiger partial charge in [0.2, 0.25) is 17.2 Å². The zero-order valence-electron chi connectivity index (χ0n) is 12.6. The summed E-state index contributed by atoms with van der Waals surface area (Å²) in [5.74, 6) is 1.39. The molecule has 0 bridgehead atoms. The van der Waals surface area contributed by atoms with Crippen LogP contribution < -0.4 is 10.2 Å². The molecule has 0 spiro atoms. The number of hydrogen-bond donors (Lipinski definition) is 2. The van der Waals surface area contributed by atoms with Gasteiger partial charge in [-0.3, -0.25) is 0 Å². The van der Waals surface area contributed by atoms with Crippen molar-refractivity contribution in [3.63, 3.8) is 0 Å². The lowest BCUT2D eigenvalue weighted by atomic mass is 10.1. The second kappa shape index (κ2) is 8.21. The smallest absolute Gasteiger partial charge is 0.231 e. The van der Waals surface area contributed by atoms with Gasteiger partial charge in [0.05, 0.1) is 6.10 Å². The van der Waals surface area contributed by atoms with E-state index >= 15 is 0 Å². The fourth-order valence-electron chi connectivity index (χ4n) is 1.90. The fraction of sp³-hybridized carbons (Fsp3) is 0.769. The van der Waals surface area contributed by atoms with E-state index in [1.54, 1.807) is 0 Å². The minimum atomic E-state index is -0.428. The Kier molecular flexibility index (Phi) is 6.95. The van der Waals surface area contributed by atoms with Gasteiger partial charge in [0.1, 0.15) is 0 Å². The van der Waals surface area contributed by atoms with Crippen molar-refractivity contribution < 1.29 is 5.11 Å². The van der Waals surface area contributed by atoms with Crippen LogP contribution >= 0.6 is 11.6 Å². The molecule has 0 radical (unpaired) electrons. The van der Waals surface area contributed by atoms with Crippen LogP contribution in [0.15, 0.2) is 0 Å². The minimum Gasteiger partial charge on any atom is -0.391 e. The average molecular weight is 302 g/mol. The number of anilines is 2. The molecule has 20 heavy (non-hydrogen) atoms. The summed E-state index contributed by atoms with van der Waals surface area (Å²) in [6.45, 7) is 10.2. The average Bonchev–Trinajstić information content (AvgIpc) is 2.36. The molecular formula is C13H24ClN5O. The third-order valence-corrected chi connectivity index (χ3v) is 3.05. The SMILES string of the molecule is CCN(CC)c1nc(Cl)nc(NCC(O)CC(C)C)n1. The molecule has 2 N–H and O–H groups in total. The number of aromatic nitrogens is 3. The van der Waals surface area contributed by atoms with E-state index in [9.17, 15) is 5.11 Å². The van der Waals surface area contributed by atoms with Gasteiger partial charge in [0.25, 0.3) is 0 Å². The molecule has 114 valence electrons. The van der Waals surface area contributed by atoms with Crippen LogP contribution in [0, 0.1) is 5.92 Å². The van der Waals surface area contributed by atoms with Gasteiger partial charge in [-0.2, -0.15) is 15.0 Å². The summed E-state index contributed by atoms with van der Waals surface area (Å²) in [5.41, 5.74) is 0. The van der Waals surface area contributed by atoms with E-state index in [-0.39, 0.29) is 5.28 Å². The third kappa shape index (κ3) is 5.46. The van der Waals surface area contributed by atoms with Crippen LogP contribution in [0.1, 0.15) is 34.1 Å². The molecule has 1 rings (SSSR count). The van der Waals surface area contributed by atoms with Gasteiger partial charge in [-0.1, -0.05) is 13.8 Å². The number of rotatable bonds is 8. The molecule has 1 unspecified atom stereocenters. The van der Waals surface area contributed by atoms with Gasteiger partial charge >= 0.3 is 0 Å². The van der Waals surface area contributed by atoms with Crippen molar-refractivity contribution in [3.8, 4) is 0 Å². The van der Waals surface area contributed by atoms with Crippen molar-refractivity contribution >= 4 is 23.5 Å². The first-order valence-electron chi connectivity index (χ1n) is 7.04. The molecule has 0 aliphatic carbocycles. The molecule has 0 aliphatic heterocycles. The van der Waals surface area contributed by atoms with Crippen molar-refractivity contribution in [1.29, 1.82) is 0 Å². The van der Waals surface area contributed by atoms with Crippen LogP contribution in [0.4, 0.5) is 11.9 Å². The highest BCUT2D eigenvalue weighted by Gasteiger charge is 2.12. The largest absolute Gasteiger partial charge is 0.391 e. The first-order valence-corrected chi connectivity index (χ1v) is 7.42. The summed E-state index contributed by atoms with van der Waals surface area (Å²) in [7, 11) is 0. The number of hydrogen-bond acceptors (Lipinski definition) is 6. The Hall–Kier alpha value is -1.14. The predicted molar refractivity (Wildman–Crippen MR) is 82.3 cm³/mol. The number of aliphatic hydroxyl groups is 1. The normalized spacial score (nSPS) is 12.6. The summed E-state index contributed by atoms with van der Waals surface area (Å²) < 4.78 is 0. The van der Waals surface area contributed by atoms with Crippen molar-refractivity contribution in [1.82, 2.24) is 15.0 Å². The van der Waals surface area contributed by atoms with Gasteiger partial charge in [-0.25, -0.2) is 0 Å². The Morgan fingerprint density at radius 1 is 1.20 bits per heavy atom. The monoisotopic (exact) mass is 301 g/mol. The van der Waals surface area contributed by atoms with Crippen molar-refractivity contribution in [2.24, 2.45) is 5.92 Å². The standard InChI is InChI=1S/C13H24ClN5O/c1-5-19(6-2)13-17-11(14)16-12(18-13)15-8-10(20)7-9(3)4/h9-10,20H,5-8H2,1-4H3,(H,15,16,17,18). The van der Waals surface area contributed by atoms with E-state index in [1.807, 2.05) is 18.7 Å². The third-order valence-electron chi connectivity index (χ3n) is 2.88. The lowest BCUT2D eigenvalue weighted by molar-refractivity contribution is 0.161. The van der Waals surface area contributed by atoms with Gasteiger partial charge < -0.3 is 15.3 Å². The molecule has 1 heterocycles. The van der Waals surface area contributed by atoms with Crippen LogP contribution in [0.5, 0.6) is 0 Å². The van der Waals surface area contributed by atoms with Gasteiger partial charge in [0.15, 0.2) is 0 Å². The molecule has 7 heteroatoms. The molecule has 0 fully saturated rings. The number of halogens is 1. The van der Waals surface area contributed by atoms with Gasteiger partial charge in [-0.15, -0.1) is 0 Å². The Morgan fingerprint density at radius 2 is 1.85 bits per heavy atom. The Balaban J connectivity index is 2.70. The molecule has 0 aliphatic rings. The van der Waals surface area contributed by atoms with Gasteiger partial charge in [0, 0.05) is 19.6 Å². The number of aliphatic hydroxyl groups excluding tert-OH is 1. The molecule has 1 aromatic heterocycles. The van der Waals surface area contributed by atoms with Crippen LogP contribution in [-0.4, -0.2) is 45.8 Å². The highest BCUT2D eigenvalue weighted by atomic mass is 35.5. The summed E-state index contributed by atoms with van der Waals surface area (Å²) >= 11 is 5.92. The summed E-state index contributed by atoms with van der Waals surface area (Å²) in [6, 6.07) is 0. The summed E-state index contributed by atoms with van der Waals surface area (Å²) in [6.07, 6.45) is 0.303. The Labute approximate surface area is 125 Å². The van der Waals surface area contributed by atoms with E-state index in [4.69, 9.17) is 11.6 Å². The highest BCUT2D eigenvalue weighted by Crippen LogP contribution is 2.14. The second-order valence-corrected chi connectivity index (χ2v) is 5.40. The quantitative estimate of drug-likeness (QED) is 0.767. The fourth-order valence-corrected chi connectivity index (χ4v) is 2.06. The molecule has 0 aromatic carbocycles. The van der Waals surface area contributed by atoms with Crippen LogP contribution in [0.2, 0.25) is 5.28 Å². The van der Waals surface area contributed by atoms with E-state index in [1.165, 1.54) is 0 Å². The van der Waals surface area contributed by atoms with Crippen molar-refractivity contribution in [2.75, 3.05) is 29.9 Å². The molecule has 6 nitrogen and oxygen atoms in total. The van der Waals surface area contributed by atoms with E-state index in [0.29, 0.717) is 24.4 Å². The number of nitrogens with one attached hydrogen (secondary N) is 1. The zero-order valence-corrected chi connectivity index (χ0v) is 13.4. The maximum absolute atomic E-state index is 9.84. The van der Waals surface area contributed by atoms with E-state index in [2.05, 4.69) is 34.1 Å².